The van der Waals surface area contributed by atoms with Crippen LogP contribution in [0.25, 0.3) is 16.3 Å². The monoisotopic (exact) mass is 421 g/mol. The number of anilines is 1. The third kappa shape index (κ3) is 3.39. The van der Waals surface area contributed by atoms with Gasteiger partial charge in [-0.05, 0) is 17.2 Å². The molecule has 0 saturated carbocycles. The highest BCUT2D eigenvalue weighted by atomic mass is 32.1. The topological polar surface area (TPSA) is 80.8 Å². The Balaban J connectivity index is 1.37. The Kier molecular flexibility index (Phi) is 4.63. The largest absolute Gasteiger partial charge is 0.486 e. The summed E-state index contributed by atoms with van der Waals surface area (Å²) in [5.41, 5.74) is 2.71. The van der Waals surface area contributed by atoms with Gasteiger partial charge in [-0.1, -0.05) is 35.6 Å². The average molecular weight is 421 g/mol. The van der Waals surface area contributed by atoms with Crippen molar-refractivity contribution in [3.05, 3.63) is 53.7 Å². The van der Waals surface area contributed by atoms with E-state index in [1.807, 2.05) is 42.5 Å². The van der Waals surface area contributed by atoms with Gasteiger partial charge in [0.2, 0.25) is 11.8 Å². The predicted octanol–water partition coefficient (Wildman–Crippen LogP) is 3.97. The van der Waals surface area contributed by atoms with Crippen LogP contribution in [0.3, 0.4) is 0 Å². The number of carbonyl (C=O) groups is 2. The van der Waals surface area contributed by atoms with Crippen LogP contribution in [0.15, 0.2) is 42.6 Å². The number of nitrogens with one attached hydrogen (secondary N) is 1. The molecule has 7 nitrogen and oxygen atoms in total. The summed E-state index contributed by atoms with van der Waals surface area (Å²) in [6.07, 6.45) is 3.77. The van der Waals surface area contributed by atoms with E-state index in [2.05, 4.69) is 10.3 Å². The maximum Gasteiger partial charge on any atom is 0.228 e. The molecule has 3 heterocycles. The number of fused-ring (bicyclic) bond motifs is 3. The minimum atomic E-state index is -0.354. The number of rotatable bonds is 3. The molecule has 0 radical (unpaired) electrons. The fourth-order valence-corrected chi connectivity index (χ4v) is 4.67. The molecule has 152 valence electrons. The minimum Gasteiger partial charge on any atom is -0.486 e. The van der Waals surface area contributed by atoms with Crippen molar-refractivity contribution < 1.29 is 19.1 Å². The first kappa shape index (κ1) is 18.6. The van der Waals surface area contributed by atoms with Gasteiger partial charge in [0, 0.05) is 25.3 Å². The second-order valence-electron chi connectivity index (χ2n) is 7.12. The van der Waals surface area contributed by atoms with Crippen LogP contribution >= 0.6 is 11.3 Å². The third-order valence-electron chi connectivity index (χ3n) is 5.15. The van der Waals surface area contributed by atoms with Gasteiger partial charge in [-0.2, -0.15) is 0 Å². The standard InChI is InChI=1S/C22H19N3O4S/c1-13(26)25-7-6-14-4-2-3-5-15(14)17(25)11-21(27)24-22-23-16-10-18-19(12-20(16)30-22)29-9-8-28-18/h2-7,10,12,17H,8-9,11H2,1H3,(H,23,24,27). The van der Waals surface area contributed by atoms with E-state index in [9.17, 15) is 9.59 Å². The Morgan fingerprint density at radius 3 is 2.77 bits per heavy atom. The van der Waals surface area contributed by atoms with Gasteiger partial charge in [0.1, 0.15) is 13.2 Å². The number of carbonyl (C=O) groups excluding carboxylic acids is 2. The number of hydrogen-bond donors (Lipinski definition) is 1. The molecule has 3 aromatic rings. The highest BCUT2D eigenvalue weighted by molar-refractivity contribution is 7.22. The van der Waals surface area contributed by atoms with Crippen LogP contribution in [0.4, 0.5) is 5.13 Å². The van der Waals surface area contributed by atoms with E-state index in [0.29, 0.717) is 29.8 Å². The molecule has 1 unspecified atom stereocenters. The zero-order valence-corrected chi connectivity index (χ0v) is 17.1. The Morgan fingerprint density at radius 1 is 1.20 bits per heavy atom. The number of aromatic nitrogens is 1. The van der Waals surface area contributed by atoms with Crippen molar-refractivity contribution in [2.75, 3.05) is 18.5 Å². The van der Waals surface area contributed by atoms with Gasteiger partial charge in [0.05, 0.1) is 22.7 Å². The van der Waals surface area contributed by atoms with Crippen molar-refractivity contribution in [2.45, 2.75) is 19.4 Å². The second-order valence-corrected chi connectivity index (χ2v) is 8.15. The van der Waals surface area contributed by atoms with Gasteiger partial charge in [0.25, 0.3) is 0 Å². The zero-order valence-electron chi connectivity index (χ0n) is 16.3. The lowest BCUT2D eigenvalue weighted by atomic mass is 9.93. The fraction of sp³-hybridized carbons (Fsp3) is 0.227. The summed E-state index contributed by atoms with van der Waals surface area (Å²) in [6.45, 7) is 2.53. The van der Waals surface area contributed by atoms with Gasteiger partial charge in [-0.25, -0.2) is 4.98 Å². The molecule has 0 aliphatic carbocycles. The van der Waals surface area contributed by atoms with Crippen LogP contribution in [0.2, 0.25) is 0 Å². The summed E-state index contributed by atoms with van der Waals surface area (Å²) in [6, 6.07) is 11.2. The maximum atomic E-state index is 12.8. The van der Waals surface area contributed by atoms with E-state index in [-0.39, 0.29) is 24.3 Å². The van der Waals surface area contributed by atoms with Crippen LogP contribution < -0.4 is 14.8 Å². The van der Waals surface area contributed by atoms with Crippen molar-refractivity contribution in [2.24, 2.45) is 0 Å². The summed E-state index contributed by atoms with van der Waals surface area (Å²) in [7, 11) is 0. The van der Waals surface area contributed by atoms with Crippen molar-refractivity contribution in [1.82, 2.24) is 9.88 Å². The number of benzene rings is 2. The van der Waals surface area contributed by atoms with Crippen LogP contribution in [0.1, 0.15) is 30.5 Å². The quantitative estimate of drug-likeness (QED) is 0.692. The summed E-state index contributed by atoms with van der Waals surface area (Å²) in [5.74, 6) is 1.05. The van der Waals surface area contributed by atoms with Gasteiger partial charge < -0.3 is 19.7 Å². The molecule has 2 aliphatic rings. The Hall–Kier alpha value is -3.39. The lowest BCUT2D eigenvalue weighted by Crippen LogP contribution is -2.33. The molecule has 2 aliphatic heterocycles. The normalized spacial score (nSPS) is 17.0. The summed E-state index contributed by atoms with van der Waals surface area (Å²) in [5, 5.41) is 3.39. The molecule has 0 spiro atoms. The SMILES string of the molecule is CC(=O)N1C=Cc2ccccc2C1CC(=O)Nc1nc2cc3c(cc2s1)OCCO3. The number of ether oxygens (including phenoxy) is 2. The van der Waals surface area contributed by atoms with E-state index in [1.165, 1.54) is 18.3 Å². The molecule has 8 heteroatoms. The molecular formula is C22H19N3O4S. The Morgan fingerprint density at radius 2 is 1.97 bits per heavy atom. The van der Waals surface area contributed by atoms with Crippen molar-refractivity contribution in [3.8, 4) is 11.5 Å². The number of nitrogens with zero attached hydrogens (tertiary/aromatic N) is 2. The Bertz CT molecular complexity index is 1140. The molecule has 2 aromatic carbocycles. The molecule has 0 fully saturated rings. The average Bonchev–Trinajstić information content (AvgIpc) is 3.12. The van der Waals surface area contributed by atoms with Crippen LogP contribution in [0.5, 0.6) is 11.5 Å². The van der Waals surface area contributed by atoms with Gasteiger partial charge in [0.15, 0.2) is 16.6 Å². The summed E-state index contributed by atoms with van der Waals surface area (Å²) >= 11 is 1.38. The van der Waals surface area contributed by atoms with E-state index >= 15 is 0 Å². The van der Waals surface area contributed by atoms with Crippen molar-refractivity contribution in [3.63, 3.8) is 0 Å². The lowest BCUT2D eigenvalue weighted by molar-refractivity contribution is -0.129. The molecule has 30 heavy (non-hydrogen) atoms. The summed E-state index contributed by atoms with van der Waals surface area (Å²) in [4.78, 5) is 31.1. The number of amides is 2. The first-order chi connectivity index (χ1) is 14.6. The summed E-state index contributed by atoms with van der Waals surface area (Å²) < 4.78 is 12.1. The van der Waals surface area contributed by atoms with Crippen LogP contribution in [-0.2, 0) is 9.59 Å². The molecular weight excluding hydrogens is 402 g/mol. The second kappa shape index (κ2) is 7.46. The third-order valence-corrected chi connectivity index (χ3v) is 6.08. The first-order valence-electron chi connectivity index (χ1n) is 9.64. The molecule has 0 bridgehead atoms. The zero-order chi connectivity index (χ0) is 20.7. The Labute approximate surface area is 176 Å². The van der Waals surface area contributed by atoms with Crippen molar-refractivity contribution >= 4 is 44.6 Å². The van der Waals surface area contributed by atoms with Crippen molar-refractivity contribution in [1.29, 1.82) is 0 Å². The van der Waals surface area contributed by atoms with Gasteiger partial charge >= 0.3 is 0 Å². The van der Waals surface area contributed by atoms with Crippen LogP contribution in [0, 0.1) is 0 Å². The van der Waals surface area contributed by atoms with Gasteiger partial charge in [-0.15, -0.1) is 0 Å². The molecule has 0 saturated heterocycles. The van der Waals surface area contributed by atoms with E-state index < -0.39 is 0 Å². The molecule has 1 aromatic heterocycles. The van der Waals surface area contributed by atoms with Gasteiger partial charge in [-0.3, -0.25) is 9.59 Å². The fourth-order valence-electron chi connectivity index (χ4n) is 3.78. The van der Waals surface area contributed by atoms with E-state index in [0.717, 1.165) is 21.3 Å². The lowest BCUT2D eigenvalue weighted by Gasteiger charge is -2.32. The molecule has 1 N–H and O–H groups in total. The highest BCUT2D eigenvalue weighted by Gasteiger charge is 2.28. The first-order valence-corrected chi connectivity index (χ1v) is 10.5. The highest BCUT2D eigenvalue weighted by Crippen LogP contribution is 2.38. The molecule has 1 atom stereocenters. The number of thiazole rings is 1. The molecule has 2 amide bonds. The predicted molar refractivity (Wildman–Crippen MR) is 115 cm³/mol. The van der Waals surface area contributed by atoms with Crippen LogP contribution in [-0.4, -0.2) is 34.9 Å². The smallest absolute Gasteiger partial charge is 0.228 e. The van der Waals surface area contributed by atoms with E-state index in [1.54, 1.807) is 11.1 Å². The number of hydrogen-bond acceptors (Lipinski definition) is 6. The molecule has 5 rings (SSSR count). The maximum absolute atomic E-state index is 12.8. The van der Waals surface area contributed by atoms with E-state index in [4.69, 9.17) is 9.47 Å². The minimum absolute atomic E-state index is 0.107.